The number of aliphatic hydroxyl groups excluding tert-OH is 1. The molecule has 2 aromatic carbocycles. The van der Waals surface area contributed by atoms with Crippen LogP contribution in [0.1, 0.15) is 38.0 Å². The average Bonchev–Trinajstić information content (AvgIpc) is 2.68. The minimum atomic E-state index is -3.47. The van der Waals surface area contributed by atoms with Crippen LogP contribution < -0.4 is 4.90 Å². The Kier molecular flexibility index (Phi) is 6.25. The summed E-state index contributed by atoms with van der Waals surface area (Å²) < 4.78 is 27.5. The van der Waals surface area contributed by atoms with Crippen LogP contribution in [0, 0.1) is 0 Å². The summed E-state index contributed by atoms with van der Waals surface area (Å²) >= 11 is 0. The molecule has 0 aromatic heterocycles. The van der Waals surface area contributed by atoms with Crippen LogP contribution in [0.5, 0.6) is 0 Å². The molecule has 6 heteroatoms. The van der Waals surface area contributed by atoms with E-state index in [2.05, 4.69) is 20.8 Å². The molecule has 2 N–H and O–H groups in total. The number of aliphatic hydroxyl groups is 1. The highest BCUT2D eigenvalue weighted by Gasteiger charge is 2.31. The topological polar surface area (TPSA) is 62.0 Å². The van der Waals surface area contributed by atoms with Crippen molar-refractivity contribution in [3.8, 4) is 0 Å². The first-order chi connectivity index (χ1) is 13.2. The molecular formula is C22H31N2O3S+. The highest BCUT2D eigenvalue weighted by atomic mass is 32.2. The predicted molar refractivity (Wildman–Crippen MR) is 111 cm³/mol. The van der Waals surface area contributed by atoms with E-state index in [9.17, 15) is 13.5 Å². The molecule has 2 aromatic rings. The zero-order valence-corrected chi connectivity index (χ0v) is 17.7. The highest BCUT2D eigenvalue weighted by Crippen LogP contribution is 2.24. The molecule has 1 atom stereocenters. The average molecular weight is 404 g/mol. The van der Waals surface area contributed by atoms with E-state index >= 15 is 0 Å². The molecule has 1 aliphatic heterocycles. The molecule has 0 unspecified atom stereocenters. The molecule has 1 heterocycles. The van der Waals surface area contributed by atoms with Gasteiger partial charge in [0.2, 0.25) is 10.0 Å². The number of rotatable bonds is 5. The summed E-state index contributed by atoms with van der Waals surface area (Å²) in [7, 11) is -3.47. The van der Waals surface area contributed by atoms with E-state index in [1.807, 2.05) is 42.5 Å². The van der Waals surface area contributed by atoms with Gasteiger partial charge in [-0.15, -0.1) is 0 Å². The zero-order valence-electron chi connectivity index (χ0n) is 16.9. The van der Waals surface area contributed by atoms with Gasteiger partial charge in [-0.3, -0.25) is 0 Å². The van der Waals surface area contributed by atoms with E-state index < -0.39 is 16.1 Å². The summed E-state index contributed by atoms with van der Waals surface area (Å²) in [5.74, 6) is 0. The summed E-state index contributed by atoms with van der Waals surface area (Å²) in [5, 5.41) is 10.4. The molecule has 152 valence electrons. The molecule has 0 amide bonds. The third-order valence-corrected chi connectivity index (χ3v) is 7.37. The summed E-state index contributed by atoms with van der Waals surface area (Å²) in [6.07, 6.45) is -0.524. The van der Waals surface area contributed by atoms with Crippen LogP contribution in [0.4, 0.5) is 0 Å². The molecule has 0 radical (unpaired) electrons. The van der Waals surface area contributed by atoms with E-state index in [0.717, 1.165) is 11.1 Å². The summed E-state index contributed by atoms with van der Waals surface area (Å²) in [4.78, 5) is 1.58. The van der Waals surface area contributed by atoms with Crippen LogP contribution in [-0.2, 0) is 15.4 Å². The fraction of sp³-hybridized carbons (Fsp3) is 0.455. The van der Waals surface area contributed by atoms with Crippen LogP contribution in [0.2, 0.25) is 0 Å². The quantitative estimate of drug-likeness (QED) is 0.797. The van der Waals surface area contributed by atoms with Gasteiger partial charge in [-0.05, 0) is 28.7 Å². The van der Waals surface area contributed by atoms with Gasteiger partial charge in [0.05, 0.1) is 31.1 Å². The van der Waals surface area contributed by atoms with Crippen LogP contribution in [-0.4, -0.2) is 50.6 Å². The predicted octanol–water partition coefficient (Wildman–Crippen LogP) is 1.61. The Balaban J connectivity index is 1.60. The van der Waals surface area contributed by atoms with Crippen LogP contribution in [0.15, 0.2) is 59.5 Å². The molecule has 5 nitrogen and oxygen atoms in total. The van der Waals surface area contributed by atoms with Gasteiger partial charge < -0.3 is 10.0 Å². The standard InChI is InChI=1S/C22H30N2O3S/c1-22(2,3)19-9-11-20(12-10-19)28(26,27)24-15-13-23(14-16-24)17-21(25)18-7-5-4-6-8-18/h4-12,21,25H,13-17H2,1-3H3/p+1/t21-/m0/s1. The zero-order chi connectivity index (χ0) is 20.4. The monoisotopic (exact) mass is 403 g/mol. The molecular weight excluding hydrogens is 372 g/mol. The second kappa shape index (κ2) is 8.33. The molecule has 0 bridgehead atoms. The van der Waals surface area contributed by atoms with Gasteiger partial charge in [-0.2, -0.15) is 4.31 Å². The second-order valence-corrected chi connectivity index (χ2v) is 10.5. The molecule has 3 rings (SSSR count). The Bertz CT molecular complexity index is 866. The van der Waals surface area contributed by atoms with E-state index in [-0.39, 0.29) is 5.41 Å². The molecule has 0 aliphatic carbocycles. The van der Waals surface area contributed by atoms with E-state index in [4.69, 9.17) is 0 Å². The van der Waals surface area contributed by atoms with Crippen LogP contribution >= 0.6 is 0 Å². The number of benzene rings is 2. The number of piperazine rings is 1. The normalized spacial score (nSPS) is 18.1. The van der Waals surface area contributed by atoms with Crippen molar-refractivity contribution < 1.29 is 18.4 Å². The van der Waals surface area contributed by atoms with Crippen LogP contribution in [0.25, 0.3) is 0 Å². The minimum absolute atomic E-state index is 0.00311. The van der Waals surface area contributed by atoms with E-state index in [0.29, 0.717) is 37.6 Å². The van der Waals surface area contributed by atoms with E-state index in [1.165, 1.54) is 4.90 Å². The van der Waals surface area contributed by atoms with E-state index in [1.54, 1.807) is 16.4 Å². The van der Waals surface area contributed by atoms with Crippen molar-refractivity contribution in [1.29, 1.82) is 0 Å². The third-order valence-electron chi connectivity index (χ3n) is 5.45. The van der Waals surface area contributed by atoms with Crippen molar-refractivity contribution in [3.63, 3.8) is 0 Å². The lowest BCUT2D eigenvalue weighted by Crippen LogP contribution is -3.15. The molecule has 28 heavy (non-hydrogen) atoms. The summed E-state index contributed by atoms with van der Waals surface area (Å²) in [6.45, 7) is 9.28. The first-order valence-corrected chi connectivity index (χ1v) is 11.3. The third kappa shape index (κ3) is 4.81. The maximum Gasteiger partial charge on any atom is 0.243 e. The molecule has 1 aliphatic rings. The first kappa shape index (κ1) is 21.0. The lowest BCUT2D eigenvalue weighted by atomic mass is 9.87. The van der Waals surface area contributed by atoms with Gasteiger partial charge in [0.1, 0.15) is 12.6 Å². The molecule has 1 saturated heterocycles. The van der Waals surface area contributed by atoms with Crippen molar-refractivity contribution >= 4 is 10.0 Å². The van der Waals surface area contributed by atoms with Crippen molar-refractivity contribution in [1.82, 2.24) is 4.31 Å². The fourth-order valence-electron chi connectivity index (χ4n) is 3.59. The summed E-state index contributed by atoms with van der Waals surface area (Å²) in [6, 6.07) is 16.9. The number of hydrogen-bond acceptors (Lipinski definition) is 3. The summed E-state index contributed by atoms with van der Waals surface area (Å²) in [5.41, 5.74) is 2.02. The Morgan fingerprint density at radius 3 is 2.11 bits per heavy atom. The van der Waals surface area contributed by atoms with Crippen LogP contribution in [0.3, 0.4) is 0 Å². The molecule has 0 saturated carbocycles. The minimum Gasteiger partial charge on any atom is -0.382 e. The number of nitrogens with one attached hydrogen (secondary N) is 1. The Morgan fingerprint density at radius 1 is 1.00 bits per heavy atom. The number of nitrogens with zero attached hydrogens (tertiary/aromatic N) is 1. The Morgan fingerprint density at radius 2 is 1.57 bits per heavy atom. The largest absolute Gasteiger partial charge is 0.382 e. The lowest BCUT2D eigenvalue weighted by molar-refractivity contribution is -0.907. The Hall–Kier alpha value is -1.73. The maximum atomic E-state index is 13.0. The van der Waals surface area contributed by atoms with Gasteiger partial charge in [0, 0.05) is 0 Å². The van der Waals surface area contributed by atoms with Gasteiger partial charge in [-0.25, -0.2) is 8.42 Å². The highest BCUT2D eigenvalue weighted by molar-refractivity contribution is 7.89. The SMILES string of the molecule is CC(C)(C)c1ccc(S(=O)(=O)N2CC[NH+](C[C@H](O)c3ccccc3)CC2)cc1. The lowest BCUT2D eigenvalue weighted by Gasteiger charge is -2.32. The molecule has 1 fully saturated rings. The number of quaternary nitrogens is 1. The smallest absolute Gasteiger partial charge is 0.243 e. The van der Waals surface area contributed by atoms with Crippen molar-refractivity contribution in [2.75, 3.05) is 32.7 Å². The van der Waals surface area contributed by atoms with Crippen molar-refractivity contribution in [2.45, 2.75) is 37.2 Å². The van der Waals surface area contributed by atoms with Gasteiger partial charge >= 0.3 is 0 Å². The van der Waals surface area contributed by atoms with Gasteiger partial charge in [0.15, 0.2) is 0 Å². The van der Waals surface area contributed by atoms with Crippen molar-refractivity contribution in [3.05, 3.63) is 65.7 Å². The second-order valence-electron chi connectivity index (χ2n) is 8.56. The van der Waals surface area contributed by atoms with Gasteiger partial charge in [0.25, 0.3) is 0 Å². The fourth-order valence-corrected chi connectivity index (χ4v) is 5.03. The first-order valence-electron chi connectivity index (χ1n) is 9.85. The van der Waals surface area contributed by atoms with Gasteiger partial charge in [-0.1, -0.05) is 63.2 Å². The maximum absolute atomic E-state index is 13.0. The number of sulfonamides is 1. The molecule has 0 spiro atoms. The number of hydrogen-bond donors (Lipinski definition) is 2. The Labute approximate surface area is 168 Å². The van der Waals surface area contributed by atoms with Crippen molar-refractivity contribution in [2.24, 2.45) is 0 Å².